The molecule has 1 saturated carbocycles. The van der Waals surface area contributed by atoms with E-state index in [0.29, 0.717) is 54.0 Å². The van der Waals surface area contributed by atoms with Crippen LogP contribution in [0.5, 0.6) is 11.5 Å². The van der Waals surface area contributed by atoms with Gasteiger partial charge in [0.2, 0.25) is 5.56 Å². The second kappa shape index (κ2) is 17.2. The number of H-pyrrole nitrogens is 1. The highest BCUT2D eigenvalue weighted by atomic mass is 16.5. The molecule has 6 N–H and O–H groups in total. The number of unbranched alkanes of at least 4 members (excludes halogenated alkanes) is 2. The second-order valence-corrected chi connectivity index (χ2v) is 14.1. The number of pyridine rings is 1. The van der Waals surface area contributed by atoms with Crippen LogP contribution in [-0.4, -0.2) is 77.4 Å². The number of aromatic nitrogens is 1. The number of ether oxygens (including phenoxy) is 2. The lowest BCUT2D eigenvalue weighted by molar-refractivity contribution is -0.165. The molecule has 0 unspecified atom stereocenters. The van der Waals surface area contributed by atoms with Crippen LogP contribution in [0.2, 0.25) is 0 Å². The number of nitrogens with two attached hydrogens (primary N) is 1. The van der Waals surface area contributed by atoms with Gasteiger partial charge in [-0.05, 0) is 86.0 Å². The molecular formula is C41H50N4O7. The van der Waals surface area contributed by atoms with Crippen LogP contribution in [0, 0.1) is 5.92 Å². The Morgan fingerprint density at radius 1 is 0.962 bits per heavy atom. The van der Waals surface area contributed by atoms with Gasteiger partial charge in [0.25, 0.3) is 5.91 Å². The van der Waals surface area contributed by atoms with Gasteiger partial charge in [0.1, 0.15) is 23.0 Å². The lowest BCUT2D eigenvalue weighted by Crippen LogP contribution is -2.66. The van der Waals surface area contributed by atoms with E-state index >= 15 is 0 Å². The molecule has 11 heteroatoms. The van der Waals surface area contributed by atoms with Gasteiger partial charge in [-0.3, -0.25) is 14.4 Å². The Morgan fingerprint density at radius 3 is 2.52 bits per heavy atom. The Hall–Kier alpha value is -4.71. The number of hydrogen-bond acceptors (Lipinski definition) is 9. The lowest BCUT2D eigenvalue weighted by Gasteiger charge is -2.49. The zero-order valence-electron chi connectivity index (χ0n) is 29.6. The zero-order valence-corrected chi connectivity index (χ0v) is 29.6. The Labute approximate surface area is 304 Å². The molecule has 1 aromatic heterocycles. The number of hydrogen-bond donors (Lipinski definition) is 5. The van der Waals surface area contributed by atoms with Crippen LogP contribution in [-0.2, 0) is 14.9 Å². The minimum atomic E-state index is -0.929. The predicted molar refractivity (Wildman–Crippen MR) is 199 cm³/mol. The summed E-state index contributed by atoms with van der Waals surface area (Å²) in [5, 5.41) is 24.7. The third-order valence-electron chi connectivity index (χ3n) is 10.5. The summed E-state index contributed by atoms with van der Waals surface area (Å²) in [5.74, 6) is 0.387. The lowest BCUT2D eigenvalue weighted by atomic mass is 9.73. The SMILES string of the molecule is NC[C@H](OC(=O)C1(c2ccccc2)CN(C(=O)c2cccc(OCCCCCNC[C@H](O)c3ccc(O)c4[nH]c(=O)ccc34)c2)C1)C1CCCCC1. The summed E-state index contributed by atoms with van der Waals surface area (Å²) in [5.41, 5.74) is 7.14. The van der Waals surface area contributed by atoms with E-state index < -0.39 is 11.5 Å². The van der Waals surface area contributed by atoms with Crippen molar-refractivity contribution in [1.82, 2.24) is 15.2 Å². The first-order chi connectivity index (χ1) is 25.3. The number of nitrogens with zero attached hydrogens (tertiary/aromatic N) is 1. The molecule has 2 heterocycles. The number of rotatable bonds is 16. The van der Waals surface area contributed by atoms with Crippen molar-refractivity contribution in [2.24, 2.45) is 11.7 Å². The number of benzene rings is 3. The number of esters is 1. The van der Waals surface area contributed by atoms with Gasteiger partial charge in [-0.2, -0.15) is 0 Å². The van der Waals surface area contributed by atoms with E-state index in [1.54, 1.807) is 35.2 Å². The maximum absolute atomic E-state index is 13.8. The van der Waals surface area contributed by atoms with E-state index in [9.17, 15) is 24.6 Å². The fourth-order valence-electron chi connectivity index (χ4n) is 7.55. The van der Waals surface area contributed by atoms with Crippen LogP contribution < -0.4 is 21.3 Å². The number of carbonyl (C=O) groups is 2. The number of fused-ring (bicyclic) bond motifs is 1. The van der Waals surface area contributed by atoms with Crippen LogP contribution in [0.25, 0.3) is 10.9 Å². The molecule has 1 aliphatic heterocycles. The van der Waals surface area contributed by atoms with Gasteiger partial charge in [-0.1, -0.05) is 61.7 Å². The normalized spacial score (nSPS) is 16.9. The number of likely N-dealkylation sites (tertiary alicyclic amines) is 1. The first kappa shape index (κ1) is 37.1. The van der Waals surface area contributed by atoms with Crippen LogP contribution in [0.3, 0.4) is 0 Å². The van der Waals surface area contributed by atoms with Gasteiger partial charge in [0.15, 0.2) is 0 Å². The van der Waals surface area contributed by atoms with Crippen molar-refractivity contribution in [3.8, 4) is 11.5 Å². The number of carbonyl (C=O) groups excluding carboxylic acids is 2. The van der Waals surface area contributed by atoms with Crippen molar-refractivity contribution in [2.45, 2.75) is 69.0 Å². The fourth-order valence-corrected chi connectivity index (χ4v) is 7.55. The Kier molecular flexibility index (Phi) is 12.3. The molecule has 0 spiro atoms. The van der Waals surface area contributed by atoms with E-state index in [0.717, 1.165) is 50.5 Å². The van der Waals surface area contributed by atoms with E-state index in [1.165, 1.54) is 18.6 Å². The molecule has 11 nitrogen and oxygen atoms in total. The van der Waals surface area contributed by atoms with E-state index in [-0.39, 0.29) is 48.3 Å². The quantitative estimate of drug-likeness (QED) is 0.0799. The molecular weight excluding hydrogens is 660 g/mol. The first-order valence-corrected chi connectivity index (χ1v) is 18.5. The summed E-state index contributed by atoms with van der Waals surface area (Å²) >= 11 is 0. The Bertz CT molecular complexity index is 1870. The number of nitrogens with one attached hydrogen (secondary N) is 2. The molecule has 2 aliphatic rings. The van der Waals surface area contributed by atoms with Gasteiger partial charge < -0.3 is 40.6 Å². The highest BCUT2D eigenvalue weighted by Crippen LogP contribution is 2.39. The van der Waals surface area contributed by atoms with Crippen molar-refractivity contribution in [1.29, 1.82) is 0 Å². The summed E-state index contributed by atoms with van der Waals surface area (Å²) in [6, 6.07) is 22.9. The summed E-state index contributed by atoms with van der Waals surface area (Å²) in [6.07, 6.45) is 6.99. The maximum atomic E-state index is 13.8. The highest BCUT2D eigenvalue weighted by molar-refractivity contribution is 5.98. The van der Waals surface area contributed by atoms with Crippen molar-refractivity contribution >= 4 is 22.8 Å². The smallest absolute Gasteiger partial charge is 0.320 e. The van der Waals surface area contributed by atoms with Crippen molar-refractivity contribution < 1.29 is 29.3 Å². The van der Waals surface area contributed by atoms with Gasteiger partial charge in [0.05, 0.1) is 18.2 Å². The predicted octanol–water partition coefficient (Wildman–Crippen LogP) is 4.95. The molecule has 0 bridgehead atoms. The molecule has 1 amide bonds. The maximum Gasteiger partial charge on any atom is 0.320 e. The largest absolute Gasteiger partial charge is 0.506 e. The molecule has 0 radical (unpaired) electrons. The molecule has 6 rings (SSSR count). The molecule has 1 saturated heterocycles. The Balaban J connectivity index is 0.951. The monoisotopic (exact) mass is 710 g/mol. The molecule has 2 fully saturated rings. The summed E-state index contributed by atoms with van der Waals surface area (Å²) in [7, 11) is 0. The van der Waals surface area contributed by atoms with Crippen molar-refractivity contribution in [3.63, 3.8) is 0 Å². The Morgan fingerprint density at radius 2 is 1.75 bits per heavy atom. The van der Waals surface area contributed by atoms with E-state index in [2.05, 4.69) is 10.3 Å². The average Bonchev–Trinajstić information content (AvgIpc) is 3.15. The standard InChI is InChI=1S/C41H50N4O7/c42-24-36(28-11-4-1-5-12-28)52-40(50)41(30-14-6-2-7-15-30)26-45(27-41)39(49)29-13-10-16-31(23-29)51-22-9-3-8-21-43-25-35(47)32-17-19-34(46)38-33(32)18-20-37(48)44-38/h2,6-7,10,13-20,23,28,35-36,43,46-47H,1,3-5,8-9,11-12,21-22,24-27,42H2,(H,44,48)/t35-,36-/m0/s1. The number of aromatic hydroxyl groups is 1. The fraction of sp³-hybridized carbons (Fsp3) is 0.439. The summed E-state index contributed by atoms with van der Waals surface area (Å²) in [4.78, 5) is 43.4. The van der Waals surface area contributed by atoms with Crippen LogP contribution in [0.4, 0.5) is 0 Å². The number of aromatic amines is 1. The number of aliphatic hydroxyl groups excluding tert-OH is 1. The molecule has 1 aliphatic carbocycles. The number of aliphatic hydroxyl groups is 1. The molecule has 276 valence electrons. The van der Waals surface area contributed by atoms with Crippen molar-refractivity contribution in [3.05, 3.63) is 106 Å². The van der Waals surface area contributed by atoms with E-state index in [1.807, 2.05) is 36.4 Å². The molecule has 52 heavy (non-hydrogen) atoms. The average molecular weight is 711 g/mol. The van der Waals surface area contributed by atoms with Crippen LogP contribution in [0.15, 0.2) is 83.7 Å². The molecule has 2 atom stereocenters. The third-order valence-corrected chi connectivity index (χ3v) is 10.5. The number of phenolic OH excluding ortho intramolecular Hbond substituents is 1. The van der Waals surface area contributed by atoms with Gasteiger partial charge >= 0.3 is 5.97 Å². The first-order valence-electron chi connectivity index (χ1n) is 18.5. The van der Waals surface area contributed by atoms with Gasteiger partial charge in [-0.25, -0.2) is 0 Å². The minimum absolute atomic E-state index is 0.0385. The second-order valence-electron chi connectivity index (χ2n) is 14.1. The van der Waals surface area contributed by atoms with Crippen LogP contribution in [0.1, 0.15) is 79.0 Å². The van der Waals surface area contributed by atoms with E-state index in [4.69, 9.17) is 15.2 Å². The molecule has 4 aromatic rings. The minimum Gasteiger partial charge on any atom is -0.506 e. The summed E-state index contributed by atoms with van der Waals surface area (Å²) < 4.78 is 12.1. The van der Waals surface area contributed by atoms with Gasteiger partial charge in [-0.15, -0.1) is 0 Å². The summed E-state index contributed by atoms with van der Waals surface area (Å²) in [6.45, 7) is 2.29. The number of phenols is 1. The third kappa shape index (κ3) is 8.49. The van der Waals surface area contributed by atoms with Crippen molar-refractivity contribution in [2.75, 3.05) is 39.3 Å². The molecule has 3 aromatic carbocycles. The zero-order chi connectivity index (χ0) is 36.5. The number of amides is 1. The van der Waals surface area contributed by atoms with Crippen LogP contribution >= 0.6 is 0 Å². The highest BCUT2D eigenvalue weighted by Gasteiger charge is 2.54. The topological polar surface area (TPSA) is 167 Å². The van der Waals surface area contributed by atoms with Gasteiger partial charge in [0, 0.05) is 43.2 Å².